The van der Waals surface area contributed by atoms with E-state index in [1.54, 1.807) is 17.1 Å². The van der Waals surface area contributed by atoms with Gasteiger partial charge in [-0.3, -0.25) is 14.4 Å². The van der Waals surface area contributed by atoms with Crippen molar-refractivity contribution in [3.8, 4) is 0 Å². The number of esters is 1. The van der Waals surface area contributed by atoms with E-state index in [0.29, 0.717) is 31.4 Å². The highest BCUT2D eigenvalue weighted by molar-refractivity contribution is 6.05. The largest absolute Gasteiger partial charge is 0.465 e. The van der Waals surface area contributed by atoms with E-state index >= 15 is 4.79 Å². The minimum absolute atomic E-state index is 0.134. The number of aliphatic hydroxyl groups excluding tert-OH is 1. The van der Waals surface area contributed by atoms with Crippen molar-refractivity contribution in [1.82, 2.24) is 4.90 Å². The van der Waals surface area contributed by atoms with Crippen LogP contribution >= 0.6 is 0 Å². The molecule has 258 valence electrons. The summed E-state index contributed by atoms with van der Waals surface area (Å²) in [6, 6.07) is 15.6. The van der Waals surface area contributed by atoms with Gasteiger partial charge in [-0.15, -0.1) is 13.2 Å². The number of anilines is 2. The topological polar surface area (TPSA) is 99.6 Å². The van der Waals surface area contributed by atoms with Crippen LogP contribution in [-0.4, -0.2) is 83.9 Å². The number of hydrogen-bond acceptors (Lipinski definition) is 7. The molecule has 1 spiro atoms. The van der Waals surface area contributed by atoms with E-state index < -0.39 is 41.1 Å². The fourth-order valence-corrected chi connectivity index (χ4v) is 8.37. The Morgan fingerprint density at radius 2 is 1.75 bits per heavy atom. The first-order valence-electron chi connectivity index (χ1n) is 17.3. The quantitative estimate of drug-likeness (QED) is 0.151. The summed E-state index contributed by atoms with van der Waals surface area (Å²) >= 11 is 0. The lowest BCUT2D eigenvalue weighted by molar-refractivity contribution is -0.162. The van der Waals surface area contributed by atoms with Gasteiger partial charge in [-0.2, -0.15) is 0 Å². The van der Waals surface area contributed by atoms with Crippen molar-refractivity contribution in [2.45, 2.75) is 76.7 Å². The van der Waals surface area contributed by atoms with Gasteiger partial charge >= 0.3 is 5.97 Å². The lowest BCUT2D eigenvalue weighted by Crippen LogP contribution is -2.59. The van der Waals surface area contributed by atoms with Gasteiger partial charge in [-0.05, 0) is 82.2 Å². The van der Waals surface area contributed by atoms with E-state index in [2.05, 4.69) is 31.9 Å². The Kier molecular flexibility index (Phi) is 10.8. The molecule has 0 aliphatic carbocycles. The molecule has 9 heteroatoms. The second kappa shape index (κ2) is 14.7. The van der Waals surface area contributed by atoms with Crippen molar-refractivity contribution in [1.29, 1.82) is 0 Å². The number of fused-ring (bicyclic) bond motifs is 1. The Morgan fingerprint density at radius 1 is 1.08 bits per heavy atom. The summed E-state index contributed by atoms with van der Waals surface area (Å²) in [5, 5.41) is 10.8. The van der Waals surface area contributed by atoms with Crippen LogP contribution in [0.25, 0.3) is 0 Å². The van der Waals surface area contributed by atoms with Crippen LogP contribution in [0.5, 0.6) is 0 Å². The molecular formula is C39H51N3O6. The summed E-state index contributed by atoms with van der Waals surface area (Å²) in [4.78, 5) is 49.3. The molecule has 7 atom stereocenters. The molecule has 3 heterocycles. The zero-order valence-corrected chi connectivity index (χ0v) is 28.8. The fourth-order valence-electron chi connectivity index (χ4n) is 8.37. The van der Waals surface area contributed by atoms with Crippen molar-refractivity contribution >= 4 is 29.2 Å². The van der Waals surface area contributed by atoms with Gasteiger partial charge in [0.1, 0.15) is 17.6 Å². The molecule has 5 rings (SSSR count). The van der Waals surface area contributed by atoms with E-state index in [1.807, 2.05) is 68.4 Å². The van der Waals surface area contributed by atoms with Crippen molar-refractivity contribution in [3.05, 3.63) is 85.5 Å². The lowest BCUT2D eigenvalue weighted by atomic mass is 9.62. The van der Waals surface area contributed by atoms with Crippen molar-refractivity contribution < 1.29 is 29.0 Å². The first-order valence-corrected chi connectivity index (χ1v) is 17.3. The summed E-state index contributed by atoms with van der Waals surface area (Å²) in [6.07, 6.45) is 5.51. The maximum Gasteiger partial charge on any atom is 0.312 e. The van der Waals surface area contributed by atoms with E-state index in [-0.39, 0.29) is 37.5 Å². The second-order valence-electron chi connectivity index (χ2n) is 13.5. The van der Waals surface area contributed by atoms with E-state index in [9.17, 15) is 14.7 Å². The summed E-state index contributed by atoms with van der Waals surface area (Å²) in [6.45, 7) is 17.5. The first kappa shape index (κ1) is 35.4. The van der Waals surface area contributed by atoms with Crippen LogP contribution in [0.2, 0.25) is 0 Å². The number of carbonyl (C=O) groups is 3. The van der Waals surface area contributed by atoms with Crippen LogP contribution in [-0.2, 0) is 30.3 Å². The minimum Gasteiger partial charge on any atom is -0.465 e. The van der Waals surface area contributed by atoms with Gasteiger partial charge in [0.2, 0.25) is 5.91 Å². The molecule has 48 heavy (non-hydrogen) atoms. The van der Waals surface area contributed by atoms with E-state index in [1.165, 1.54) is 4.90 Å². The number of nitrogens with zero attached hydrogens (tertiary/aromatic N) is 3. The fraction of sp³-hybridized carbons (Fsp3) is 0.513. The number of unbranched alkanes of at least 4 members (excludes halogenated alkanes) is 1. The van der Waals surface area contributed by atoms with Crippen LogP contribution in [0.4, 0.5) is 11.4 Å². The lowest BCUT2D eigenvalue weighted by Gasteiger charge is -2.39. The summed E-state index contributed by atoms with van der Waals surface area (Å²) in [5.41, 5.74) is 0.352. The maximum absolute atomic E-state index is 15.1. The number of aliphatic hydroxyl groups is 1. The molecule has 2 aromatic carbocycles. The molecule has 2 amide bonds. The summed E-state index contributed by atoms with van der Waals surface area (Å²) in [7, 11) is 0. The second-order valence-corrected chi connectivity index (χ2v) is 13.5. The Labute approximate surface area is 285 Å². The van der Waals surface area contributed by atoms with Gasteiger partial charge in [-0.1, -0.05) is 49.4 Å². The van der Waals surface area contributed by atoms with Crippen LogP contribution in [0.1, 0.15) is 52.5 Å². The average molecular weight is 658 g/mol. The molecule has 0 saturated carbocycles. The highest BCUT2D eigenvalue weighted by atomic mass is 16.6. The van der Waals surface area contributed by atoms with Gasteiger partial charge in [0.05, 0.1) is 30.8 Å². The molecule has 1 N–H and O–H groups in total. The SMILES string of the molecule is C=CCCCOC(=O)[C@H]1[C@H]2C(=O)N([C@@H](CO)Cc3ccccc3)C(C(=O)N(CC=C)c3ccc(N(CC)CC)cc3)C23CC(C)[C@]1(C)O3. The third kappa shape index (κ3) is 6.07. The van der Waals surface area contributed by atoms with E-state index in [0.717, 1.165) is 24.3 Å². The molecular weight excluding hydrogens is 606 g/mol. The number of allylic oxidation sites excluding steroid dienone is 1. The predicted molar refractivity (Wildman–Crippen MR) is 188 cm³/mol. The molecule has 3 saturated heterocycles. The summed E-state index contributed by atoms with van der Waals surface area (Å²) < 4.78 is 12.7. The van der Waals surface area contributed by atoms with Crippen LogP contribution in [0.3, 0.4) is 0 Å². The van der Waals surface area contributed by atoms with Gasteiger partial charge in [0.15, 0.2) is 0 Å². The molecule has 0 radical (unpaired) electrons. The number of amides is 2. The Hall–Kier alpha value is -3.95. The van der Waals surface area contributed by atoms with Gasteiger partial charge in [0.25, 0.3) is 5.91 Å². The molecule has 0 aromatic heterocycles. The third-order valence-corrected chi connectivity index (χ3v) is 10.8. The highest BCUT2D eigenvalue weighted by Gasteiger charge is 2.80. The van der Waals surface area contributed by atoms with Crippen molar-refractivity contribution in [3.63, 3.8) is 0 Å². The van der Waals surface area contributed by atoms with E-state index in [4.69, 9.17) is 9.47 Å². The summed E-state index contributed by atoms with van der Waals surface area (Å²) in [5.74, 6) is -3.13. The van der Waals surface area contributed by atoms with Gasteiger partial charge in [-0.25, -0.2) is 0 Å². The number of hydrogen-bond donors (Lipinski definition) is 1. The van der Waals surface area contributed by atoms with Gasteiger partial charge in [0, 0.05) is 31.0 Å². The molecule has 9 nitrogen and oxygen atoms in total. The Morgan fingerprint density at radius 3 is 2.35 bits per heavy atom. The molecule has 3 aliphatic rings. The average Bonchev–Trinajstić information content (AvgIpc) is 3.61. The normalized spacial score (nSPS) is 27.8. The third-order valence-electron chi connectivity index (χ3n) is 10.8. The molecule has 3 aliphatic heterocycles. The van der Waals surface area contributed by atoms with Crippen LogP contribution in [0, 0.1) is 17.8 Å². The number of carbonyl (C=O) groups excluding carboxylic acids is 3. The Bertz CT molecular complexity index is 1480. The first-order chi connectivity index (χ1) is 23.1. The standard InChI is InChI=1S/C39H51N3O6/c1-7-11-15-23-47-37(46)33-32-35(44)42(31(26-43)24-28-16-13-12-14-17-28)34(39(32)25-27(5)38(33,6)48-39)36(45)41(22-8-2)30-20-18-29(19-21-30)40(9-3)10-4/h7-8,12-14,16-21,27,31-34,43H,1-2,9-11,15,22-26H2,3-6H3/t27?,31-,32+,33-,34?,38+,39?/m1/s1. The zero-order valence-electron chi connectivity index (χ0n) is 28.8. The minimum atomic E-state index is -1.28. The Balaban J connectivity index is 1.59. The molecule has 3 unspecified atom stereocenters. The molecule has 2 bridgehead atoms. The van der Waals surface area contributed by atoms with Crippen LogP contribution in [0.15, 0.2) is 79.9 Å². The van der Waals surface area contributed by atoms with Gasteiger partial charge < -0.3 is 29.3 Å². The monoisotopic (exact) mass is 657 g/mol. The molecule has 2 aromatic rings. The zero-order chi connectivity index (χ0) is 34.6. The predicted octanol–water partition coefficient (Wildman–Crippen LogP) is 5.18. The smallest absolute Gasteiger partial charge is 0.312 e. The van der Waals surface area contributed by atoms with Crippen molar-refractivity contribution in [2.75, 3.05) is 42.6 Å². The number of likely N-dealkylation sites (tertiary alicyclic amines) is 1. The van der Waals surface area contributed by atoms with Crippen LogP contribution < -0.4 is 9.80 Å². The highest BCUT2D eigenvalue weighted by Crippen LogP contribution is 2.65. The number of ether oxygens (including phenoxy) is 2. The van der Waals surface area contributed by atoms with Crippen molar-refractivity contribution in [2.24, 2.45) is 17.8 Å². The number of benzene rings is 2. The maximum atomic E-state index is 15.1. The molecule has 3 fully saturated rings. The number of rotatable bonds is 16.